The first-order valence-corrected chi connectivity index (χ1v) is 11.0. The number of nitrogens with two attached hydrogens (primary N) is 1. The Morgan fingerprint density at radius 2 is 1.81 bits per heavy atom. The number of nitrogens with zero attached hydrogens (tertiary/aromatic N) is 2. The number of aromatic nitrogens is 2. The number of aryl methyl sites for hydroxylation is 1. The molecule has 188 valence electrons. The van der Waals surface area contributed by atoms with Gasteiger partial charge in [0.2, 0.25) is 11.6 Å². The zero-order valence-corrected chi connectivity index (χ0v) is 20.7. The molecule has 0 radical (unpaired) electrons. The van der Waals surface area contributed by atoms with Crippen LogP contribution in [0, 0.1) is 6.92 Å². The third-order valence-corrected chi connectivity index (χ3v) is 6.06. The van der Waals surface area contributed by atoms with E-state index in [1.165, 1.54) is 28.4 Å². The Hall–Kier alpha value is -4.47. The van der Waals surface area contributed by atoms with Crippen LogP contribution in [0.25, 0.3) is 0 Å². The molecule has 10 heteroatoms. The van der Waals surface area contributed by atoms with Crippen LogP contribution in [-0.4, -0.2) is 44.0 Å². The van der Waals surface area contributed by atoms with Crippen LogP contribution in [0.4, 0.5) is 0 Å². The zero-order valence-electron chi connectivity index (χ0n) is 20.7. The minimum atomic E-state index is -0.928. The molecule has 1 unspecified atom stereocenters. The number of hydrogen-bond donors (Lipinski definition) is 1. The highest BCUT2D eigenvalue weighted by Crippen LogP contribution is 2.46. The van der Waals surface area contributed by atoms with Crippen LogP contribution < -0.4 is 30.2 Å². The number of carbonyl (C=O) groups is 1. The van der Waals surface area contributed by atoms with E-state index in [1.807, 2.05) is 6.07 Å². The number of esters is 1. The molecule has 4 rings (SSSR count). The summed E-state index contributed by atoms with van der Waals surface area (Å²) in [5, 5.41) is 0. The first kappa shape index (κ1) is 24.6. The fourth-order valence-corrected chi connectivity index (χ4v) is 4.37. The average Bonchev–Trinajstić information content (AvgIpc) is 2.89. The number of pyridine rings is 2. The molecule has 2 aromatic heterocycles. The highest BCUT2D eigenvalue weighted by Gasteiger charge is 2.39. The minimum Gasteiger partial charge on any atom is -0.493 e. The Kier molecular flexibility index (Phi) is 6.86. The van der Waals surface area contributed by atoms with E-state index in [1.54, 1.807) is 48.1 Å². The highest BCUT2D eigenvalue weighted by molar-refractivity contribution is 5.92. The molecule has 1 aliphatic rings. The van der Waals surface area contributed by atoms with Crippen molar-refractivity contribution < 1.29 is 28.5 Å². The van der Waals surface area contributed by atoms with Crippen molar-refractivity contribution in [3.63, 3.8) is 0 Å². The van der Waals surface area contributed by atoms with E-state index in [4.69, 9.17) is 29.4 Å². The maximum absolute atomic E-state index is 14.0. The van der Waals surface area contributed by atoms with Crippen molar-refractivity contribution >= 4 is 5.97 Å². The van der Waals surface area contributed by atoms with Crippen molar-refractivity contribution in [3.05, 3.63) is 86.9 Å². The van der Waals surface area contributed by atoms with E-state index in [9.17, 15) is 9.59 Å². The largest absolute Gasteiger partial charge is 0.493 e. The highest BCUT2D eigenvalue weighted by atomic mass is 16.5. The Balaban J connectivity index is 2.01. The van der Waals surface area contributed by atoms with Crippen molar-refractivity contribution in [2.45, 2.75) is 19.4 Å². The summed E-state index contributed by atoms with van der Waals surface area (Å²) in [5.41, 5.74) is 8.09. The van der Waals surface area contributed by atoms with Gasteiger partial charge >= 0.3 is 5.97 Å². The van der Waals surface area contributed by atoms with Crippen LogP contribution in [0.3, 0.4) is 0 Å². The lowest BCUT2D eigenvalue weighted by molar-refractivity contribution is -0.136. The van der Waals surface area contributed by atoms with Crippen molar-refractivity contribution in [2.24, 2.45) is 5.73 Å². The van der Waals surface area contributed by atoms with Gasteiger partial charge in [-0.05, 0) is 36.2 Å². The fourth-order valence-electron chi connectivity index (χ4n) is 4.37. The normalized spacial score (nSPS) is 14.5. The van der Waals surface area contributed by atoms with Crippen LogP contribution in [0.15, 0.2) is 59.0 Å². The van der Waals surface area contributed by atoms with Crippen molar-refractivity contribution in [3.8, 4) is 23.0 Å². The number of fused-ring (bicyclic) bond motifs is 1. The molecule has 1 aliphatic heterocycles. The average molecular weight is 494 g/mol. The predicted molar refractivity (Wildman–Crippen MR) is 131 cm³/mol. The van der Waals surface area contributed by atoms with Crippen LogP contribution >= 0.6 is 0 Å². The van der Waals surface area contributed by atoms with E-state index in [0.29, 0.717) is 28.5 Å². The van der Waals surface area contributed by atoms with E-state index < -0.39 is 11.9 Å². The van der Waals surface area contributed by atoms with Crippen molar-refractivity contribution in [1.29, 1.82) is 0 Å². The van der Waals surface area contributed by atoms with Crippen molar-refractivity contribution in [2.75, 3.05) is 28.4 Å². The van der Waals surface area contributed by atoms with Gasteiger partial charge in [0, 0.05) is 24.2 Å². The monoisotopic (exact) mass is 493 g/mol. The Morgan fingerprint density at radius 1 is 1.11 bits per heavy atom. The first-order valence-electron chi connectivity index (χ1n) is 11.0. The lowest BCUT2D eigenvalue weighted by atomic mass is 9.83. The van der Waals surface area contributed by atoms with E-state index in [0.717, 1.165) is 5.56 Å². The topological polar surface area (TPSA) is 124 Å². The van der Waals surface area contributed by atoms with Crippen molar-refractivity contribution in [1.82, 2.24) is 9.55 Å². The Morgan fingerprint density at radius 3 is 2.36 bits per heavy atom. The standard InChI is InChI=1S/C26H27N3O7/c1-14-9-17-21(25(30)29(14)13-15-7-6-8-28-12-15)20(22(24(27)36-17)26(31)35-5)16-10-18(32-2)23(34-4)19(11-16)33-3/h6-12,20H,13,27H2,1-5H3. The maximum atomic E-state index is 14.0. The molecule has 0 saturated heterocycles. The minimum absolute atomic E-state index is 0.00634. The van der Waals surface area contributed by atoms with Gasteiger partial charge in [0.15, 0.2) is 11.5 Å². The molecule has 0 bridgehead atoms. The number of ether oxygens (including phenoxy) is 5. The van der Waals surface area contributed by atoms with Gasteiger partial charge in [-0.15, -0.1) is 0 Å². The lowest BCUT2D eigenvalue weighted by Crippen LogP contribution is -2.35. The second-order valence-electron chi connectivity index (χ2n) is 8.08. The van der Waals surface area contributed by atoms with Gasteiger partial charge in [-0.1, -0.05) is 6.07 Å². The van der Waals surface area contributed by atoms with Gasteiger partial charge in [0.1, 0.15) is 11.3 Å². The van der Waals surface area contributed by atoms with E-state index >= 15 is 0 Å². The summed E-state index contributed by atoms with van der Waals surface area (Å²) in [7, 11) is 5.69. The lowest BCUT2D eigenvalue weighted by Gasteiger charge is -2.29. The molecule has 0 saturated carbocycles. The van der Waals surface area contributed by atoms with Crippen LogP contribution in [0.2, 0.25) is 0 Å². The van der Waals surface area contributed by atoms with Crippen LogP contribution in [0.5, 0.6) is 23.0 Å². The SMILES string of the molecule is COC(=O)C1=C(N)Oc2cc(C)n(Cc3cccnc3)c(=O)c2C1c1cc(OC)c(OC)c(OC)c1. The number of rotatable bonds is 7. The third kappa shape index (κ3) is 4.21. The van der Waals surface area contributed by atoms with Gasteiger partial charge in [-0.3, -0.25) is 9.78 Å². The number of benzene rings is 1. The second-order valence-corrected chi connectivity index (χ2v) is 8.08. The fraction of sp³-hybridized carbons (Fsp3) is 0.269. The summed E-state index contributed by atoms with van der Waals surface area (Å²) in [4.78, 5) is 31.0. The summed E-state index contributed by atoms with van der Waals surface area (Å²) in [6.07, 6.45) is 3.35. The number of methoxy groups -OCH3 is 4. The van der Waals surface area contributed by atoms with Gasteiger partial charge < -0.3 is 34.0 Å². The molecular formula is C26H27N3O7. The molecule has 10 nitrogen and oxygen atoms in total. The molecule has 3 aromatic rings. The molecule has 0 aliphatic carbocycles. The molecule has 0 amide bonds. The number of carbonyl (C=O) groups excluding carboxylic acids is 1. The Bertz CT molecular complexity index is 1370. The first-order chi connectivity index (χ1) is 17.3. The quantitative estimate of drug-likeness (QED) is 0.494. The summed E-state index contributed by atoms with van der Waals surface area (Å²) in [5.74, 6) is -0.485. The van der Waals surface area contributed by atoms with Gasteiger partial charge in [-0.2, -0.15) is 0 Å². The summed E-state index contributed by atoms with van der Waals surface area (Å²) < 4.78 is 28.9. The van der Waals surface area contributed by atoms with E-state index in [-0.39, 0.29) is 34.9 Å². The van der Waals surface area contributed by atoms with Gasteiger partial charge in [0.25, 0.3) is 5.56 Å². The van der Waals surface area contributed by atoms with Crippen LogP contribution in [0.1, 0.15) is 28.3 Å². The third-order valence-electron chi connectivity index (χ3n) is 6.06. The molecule has 1 atom stereocenters. The second kappa shape index (κ2) is 10.0. The summed E-state index contributed by atoms with van der Waals surface area (Å²) in [6, 6.07) is 8.74. The maximum Gasteiger partial charge on any atom is 0.340 e. The summed E-state index contributed by atoms with van der Waals surface area (Å²) >= 11 is 0. The van der Waals surface area contributed by atoms with E-state index in [2.05, 4.69) is 4.98 Å². The summed E-state index contributed by atoms with van der Waals surface area (Å²) in [6.45, 7) is 2.08. The number of hydrogen-bond acceptors (Lipinski definition) is 9. The molecule has 0 fully saturated rings. The molecular weight excluding hydrogens is 466 g/mol. The molecule has 2 N–H and O–H groups in total. The molecule has 36 heavy (non-hydrogen) atoms. The molecule has 1 aromatic carbocycles. The van der Waals surface area contributed by atoms with Gasteiger partial charge in [-0.25, -0.2) is 4.79 Å². The molecule has 0 spiro atoms. The smallest absolute Gasteiger partial charge is 0.340 e. The Labute approximate surface area is 207 Å². The molecule has 3 heterocycles. The van der Waals surface area contributed by atoms with Crippen LogP contribution in [-0.2, 0) is 16.1 Å². The zero-order chi connectivity index (χ0) is 26.0. The predicted octanol–water partition coefficient (Wildman–Crippen LogP) is 2.49. The van der Waals surface area contributed by atoms with Gasteiger partial charge in [0.05, 0.1) is 46.5 Å².